The van der Waals surface area contributed by atoms with Crippen LogP contribution in [0.15, 0.2) is 29.2 Å². The summed E-state index contributed by atoms with van der Waals surface area (Å²) >= 11 is -0.0701. The highest BCUT2D eigenvalue weighted by Gasteiger charge is 2.29. The fourth-order valence-corrected chi connectivity index (χ4v) is 3.25. The van der Waals surface area contributed by atoms with Gasteiger partial charge in [-0.25, -0.2) is 0 Å². The number of likely N-dealkylation sites (tertiary alicyclic amines) is 1. The Kier molecular flexibility index (Phi) is 5.57. The molecule has 1 heterocycles. The van der Waals surface area contributed by atoms with E-state index >= 15 is 0 Å². The molecule has 2 atom stereocenters. The van der Waals surface area contributed by atoms with E-state index < -0.39 is 5.51 Å². The van der Waals surface area contributed by atoms with Crippen molar-refractivity contribution in [3.05, 3.63) is 29.8 Å². The highest BCUT2D eigenvalue weighted by Crippen LogP contribution is 2.36. The van der Waals surface area contributed by atoms with Crippen molar-refractivity contribution < 1.29 is 13.2 Å². The molecular formula is C15H21F3N2S. The normalized spacial score (nSPS) is 24.2. The average Bonchev–Trinajstić information content (AvgIpc) is 2.42. The van der Waals surface area contributed by atoms with Gasteiger partial charge in [0.2, 0.25) is 0 Å². The second kappa shape index (κ2) is 7.03. The van der Waals surface area contributed by atoms with Gasteiger partial charge in [0.25, 0.3) is 0 Å². The van der Waals surface area contributed by atoms with E-state index in [9.17, 15) is 13.2 Å². The van der Waals surface area contributed by atoms with Crippen molar-refractivity contribution in [1.29, 1.82) is 0 Å². The molecule has 0 spiro atoms. The Morgan fingerprint density at radius 1 is 1.24 bits per heavy atom. The summed E-state index contributed by atoms with van der Waals surface area (Å²) in [5.41, 5.74) is 2.57. The molecule has 2 nitrogen and oxygen atoms in total. The molecule has 1 saturated heterocycles. The lowest BCUT2D eigenvalue weighted by atomic mass is 9.93. The monoisotopic (exact) mass is 318 g/mol. The van der Waals surface area contributed by atoms with Crippen molar-refractivity contribution in [2.75, 3.05) is 13.1 Å². The Bertz CT molecular complexity index is 447. The molecule has 6 heteroatoms. The first kappa shape index (κ1) is 16.6. The largest absolute Gasteiger partial charge is 0.446 e. The summed E-state index contributed by atoms with van der Waals surface area (Å²) in [6, 6.07) is 7.15. The van der Waals surface area contributed by atoms with Gasteiger partial charge in [-0.15, -0.1) is 0 Å². The molecule has 0 bridgehead atoms. The quantitative estimate of drug-likeness (QED) is 0.855. The fraction of sp³-hybridized carbons (Fsp3) is 0.600. The van der Waals surface area contributed by atoms with E-state index in [0.717, 1.165) is 31.5 Å². The number of nitrogens with two attached hydrogens (primary N) is 1. The summed E-state index contributed by atoms with van der Waals surface area (Å²) in [5.74, 6) is 0.529. The molecular weight excluding hydrogens is 297 g/mol. The zero-order valence-electron chi connectivity index (χ0n) is 12.1. The molecule has 1 aliphatic heterocycles. The average molecular weight is 318 g/mol. The predicted octanol–water partition coefficient (Wildman–Crippen LogP) is 3.86. The minimum atomic E-state index is -4.22. The van der Waals surface area contributed by atoms with Crippen LogP contribution in [-0.4, -0.2) is 29.5 Å². The molecule has 2 N–H and O–H groups in total. The van der Waals surface area contributed by atoms with Crippen molar-refractivity contribution in [2.45, 2.75) is 42.8 Å². The van der Waals surface area contributed by atoms with Gasteiger partial charge in [-0.05, 0) is 61.7 Å². The summed E-state index contributed by atoms with van der Waals surface area (Å²) in [6.45, 7) is 4.64. The summed E-state index contributed by atoms with van der Waals surface area (Å²) in [6.07, 6.45) is 2.29. The molecule has 0 aliphatic carbocycles. The zero-order valence-corrected chi connectivity index (χ0v) is 12.9. The number of hydrogen-bond acceptors (Lipinski definition) is 3. The van der Waals surface area contributed by atoms with E-state index in [2.05, 4.69) is 11.8 Å². The van der Waals surface area contributed by atoms with Crippen LogP contribution in [0.4, 0.5) is 13.2 Å². The third-order valence-electron chi connectivity index (χ3n) is 3.98. The lowest BCUT2D eigenvalue weighted by Crippen LogP contribution is -2.43. The Hall–Kier alpha value is -0.720. The Balaban J connectivity index is 1.96. The number of alkyl halides is 3. The number of rotatable bonds is 4. The maximum atomic E-state index is 12.3. The third kappa shape index (κ3) is 5.20. The van der Waals surface area contributed by atoms with Crippen molar-refractivity contribution in [1.82, 2.24) is 4.90 Å². The summed E-state index contributed by atoms with van der Waals surface area (Å²) in [4.78, 5) is 2.60. The highest BCUT2D eigenvalue weighted by molar-refractivity contribution is 8.00. The Morgan fingerprint density at radius 2 is 1.90 bits per heavy atom. The van der Waals surface area contributed by atoms with Crippen LogP contribution in [-0.2, 0) is 6.54 Å². The third-order valence-corrected chi connectivity index (χ3v) is 4.72. The van der Waals surface area contributed by atoms with Crippen LogP contribution in [0.5, 0.6) is 0 Å². The van der Waals surface area contributed by atoms with Gasteiger partial charge in [0.1, 0.15) is 0 Å². The van der Waals surface area contributed by atoms with Crippen LogP contribution in [0.2, 0.25) is 0 Å². The van der Waals surface area contributed by atoms with Crippen molar-refractivity contribution in [3.63, 3.8) is 0 Å². The summed E-state index contributed by atoms with van der Waals surface area (Å²) in [7, 11) is 0. The SMILES string of the molecule is CC1CCC(CN)CN1Cc1ccc(SC(F)(F)F)cc1. The first-order chi connectivity index (χ1) is 9.87. The second-order valence-corrected chi connectivity index (χ2v) is 6.79. The van der Waals surface area contributed by atoms with Crippen molar-refractivity contribution in [3.8, 4) is 0 Å². The van der Waals surface area contributed by atoms with Gasteiger partial charge in [0.05, 0.1) is 0 Å². The van der Waals surface area contributed by atoms with Gasteiger partial charge in [-0.3, -0.25) is 4.90 Å². The molecule has 1 fully saturated rings. The van der Waals surface area contributed by atoms with E-state index in [1.807, 2.05) is 0 Å². The van der Waals surface area contributed by atoms with E-state index in [-0.39, 0.29) is 16.7 Å². The van der Waals surface area contributed by atoms with Gasteiger partial charge in [0.15, 0.2) is 0 Å². The van der Waals surface area contributed by atoms with Gasteiger partial charge < -0.3 is 5.73 Å². The lowest BCUT2D eigenvalue weighted by molar-refractivity contribution is -0.0328. The number of halogens is 3. The molecule has 118 valence electrons. The summed E-state index contributed by atoms with van der Waals surface area (Å²) < 4.78 is 36.9. The maximum Gasteiger partial charge on any atom is 0.446 e. The standard InChI is InChI=1S/C15H21F3N2S/c1-11-2-3-13(8-19)10-20(11)9-12-4-6-14(7-5-12)21-15(16,17)18/h4-7,11,13H,2-3,8-10,19H2,1H3. The fourth-order valence-electron chi connectivity index (χ4n) is 2.71. The van der Waals surface area contributed by atoms with E-state index in [0.29, 0.717) is 18.5 Å². The van der Waals surface area contributed by atoms with Gasteiger partial charge in [-0.1, -0.05) is 12.1 Å². The highest BCUT2D eigenvalue weighted by atomic mass is 32.2. The molecule has 0 amide bonds. The van der Waals surface area contributed by atoms with Crippen LogP contribution in [0.3, 0.4) is 0 Å². The second-order valence-electron chi connectivity index (χ2n) is 5.65. The molecule has 21 heavy (non-hydrogen) atoms. The number of nitrogens with zero attached hydrogens (tertiary/aromatic N) is 1. The Morgan fingerprint density at radius 3 is 2.48 bits per heavy atom. The number of hydrogen-bond donors (Lipinski definition) is 1. The first-order valence-corrected chi connectivity index (χ1v) is 7.98. The number of piperidine rings is 1. The van der Waals surface area contributed by atoms with E-state index in [1.54, 1.807) is 24.3 Å². The number of benzene rings is 1. The van der Waals surface area contributed by atoms with Crippen molar-refractivity contribution in [2.24, 2.45) is 11.7 Å². The molecule has 2 rings (SSSR count). The van der Waals surface area contributed by atoms with Crippen LogP contribution in [0, 0.1) is 5.92 Å². The minimum Gasteiger partial charge on any atom is -0.330 e. The molecule has 1 aromatic carbocycles. The Labute approximate surface area is 127 Å². The van der Waals surface area contributed by atoms with E-state index in [1.165, 1.54) is 0 Å². The van der Waals surface area contributed by atoms with E-state index in [4.69, 9.17) is 5.73 Å². The molecule has 2 unspecified atom stereocenters. The predicted molar refractivity (Wildman–Crippen MR) is 80.0 cm³/mol. The van der Waals surface area contributed by atoms with Crippen LogP contribution < -0.4 is 5.73 Å². The smallest absolute Gasteiger partial charge is 0.330 e. The first-order valence-electron chi connectivity index (χ1n) is 7.16. The minimum absolute atomic E-state index is 0.0701. The molecule has 0 radical (unpaired) electrons. The zero-order chi connectivity index (χ0) is 15.5. The topological polar surface area (TPSA) is 29.3 Å². The van der Waals surface area contributed by atoms with Crippen LogP contribution >= 0.6 is 11.8 Å². The maximum absolute atomic E-state index is 12.3. The van der Waals surface area contributed by atoms with Crippen LogP contribution in [0.25, 0.3) is 0 Å². The molecule has 0 aromatic heterocycles. The lowest BCUT2D eigenvalue weighted by Gasteiger charge is -2.37. The summed E-state index contributed by atoms with van der Waals surface area (Å²) in [5, 5.41) is 0. The van der Waals surface area contributed by atoms with Gasteiger partial charge in [0, 0.05) is 24.0 Å². The van der Waals surface area contributed by atoms with Gasteiger partial charge in [-0.2, -0.15) is 13.2 Å². The van der Waals surface area contributed by atoms with Crippen molar-refractivity contribution >= 4 is 11.8 Å². The van der Waals surface area contributed by atoms with Gasteiger partial charge >= 0.3 is 5.51 Å². The van der Waals surface area contributed by atoms with Crippen LogP contribution in [0.1, 0.15) is 25.3 Å². The number of thioether (sulfide) groups is 1. The molecule has 1 aromatic rings. The molecule has 0 saturated carbocycles. The molecule has 1 aliphatic rings.